The van der Waals surface area contributed by atoms with Crippen LogP contribution in [0.1, 0.15) is 17.3 Å². The number of halogens is 7. The summed E-state index contributed by atoms with van der Waals surface area (Å²) in [5, 5.41) is 0. The second-order valence-corrected chi connectivity index (χ2v) is 4.43. The molecule has 0 saturated carbocycles. The van der Waals surface area contributed by atoms with E-state index in [4.69, 9.17) is 4.74 Å². The molecule has 0 fully saturated rings. The molecular formula is C13H9F7O4. The van der Waals surface area contributed by atoms with Gasteiger partial charge in [-0.25, -0.2) is 4.79 Å². The van der Waals surface area contributed by atoms with Gasteiger partial charge in [0.1, 0.15) is 17.1 Å². The molecule has 0 N–H and O–H groups in total. The normalized spacial score (nSPS) is 12.7. The van der Waals surface area contributed by atoms with Gasteiger partial charge in [0.2, 0.25) is 0 Å². The van der Waals surface area contributed by atoms with Crippen LogP contribution in [0.25, 0.3) is 0 Å². The van der Waals surface area contributed by atoms with E-state index in [0.717, 1.165) is 32.2 Å². The highest BCUT2D eigenvalue weighted by molar-refractivity contribution is 6.00. The monoisotopic (exact) mass is 362 g/mol. The molecule has 1 rings (SSSR count). The second-order valence-electron chi connectivity index (χ2n) is 4.43. The third kappa shape index (κ3) is 3.29. The van der Waals surface area contributed by atoms with Crippen LogP contribution in [-0.4, -0.2) is 36.9 Å². The third-order valence-electron chi connectivity index (χ3n) is 2.77. The zero-order valence-corrected chi connectivity index (χ0v) is 12.0. The van der Waals surface area contributed by atoms with E-state index in [1.165, 1.54) is 0 Å². The summed E-state index contributed by atoms with van der Waals surface area (Å²) in [4.78, 5) is 22.6. The maximum atomic E-state index is 13.2. The summed E-state index contributed by atoms with van der Waals surface area (Å²) in [6.07, 6.45) is -6.69. The van der Waals surface area contributed by atoms with E-state index in [0.29, 0.717) is 0 Å². The lowest BCUT2D eigenvalue weighted by atomic mass is 10.1. The summed E-state index contributed by atoms with van der Waals surface area (Å²) >= 11 is 0. The van der Waals surface area contributed by atoms with Gasteiger partial charge in [-0.05, 0) is 19.1 Å². The smallest absolute Gasteiger partial charge is 0.460 e. The zero-order valence-electron chi connectivity index (χ0n) is 12.0. The van der Waals surface area contributed by atoms with Crippen LogP contribution in [0, 0.1) is 0 Å². The number of ketones is 1. The van der Waals surface area contributed by atoms with Crippen LogP contribution in [0.3, 0.4) is 0 Å². The predicted molar refractivity (Wildman–Crippen MR) is 64.6 cm³/mol. The molecule has 0 aliphatic carbocycles. The number of rotatable bonds is 5. The maximum absolute atomic E-state index is 13.2. The predicted octanol–water partition coefficient (Wildman–Crippen LogP) is 3.64. The number of Topliss-reactive ketones (excluding diaryl/α,β-unsaturated/α-hetero) is 1. The molecule has 1 aromatic carbocycles. The largest absolute Gasteiger partial charge is 0.496 e. The van der Waals surface area contributed by atoms with Crippen molar-refractivity contribution < 1.29 is 49.8 Å². The first-order valence-corrected chi connectivity index (χ1v) is 6.00. The molecule has 11 heteroatoms. The van der Waals surface area contributed by atoms with Gasteiger partial charge in [-0.2, -0.15) is 30.7 Å². The van der Waals surface area contributed by atoms with Crippen LogP contribution in [0.2, 0.25) is 0 Å². The Kier molecular flexibility index (Phi) is 5.16. The van der Waals surface area contributed by atoms with Crippen LogP contribution in [0.5, 0.6) is 11.5 Å². The molecular weight excluding hydrogens is 353 g/mol. The first kappa shape index (κ1) is 19.7. The van der Waals surface area contributed by atoms with Gasteiger partial charge >= 0.3 is 24.0 Å². The van der Waals surface area contributed by atoms with Gasteiger partial charge < -0.3 is 9.47 Å². The third-order valence-corrected chi connectivity index (χ3v) is 2.77. The van der Waals surface area contributed by atoms with Crippen LogP contribution in [-0.2, 0) is 4.79 Å². The highest BCUT2D eigenvalue weighted by Crippen LogP contribution is 2.47. The van der Waals surface area contributed by atoms with Gasteiger partial charge in [0.25, 0.3) is 0 Å². The van der Waals surface area contributed by atoms with Gasteiger partial charge in [0.15, 0.2) is 5.78 Å². The molecule has 0 aliphatic rings. The summed E-state index contributed by atoms with van der Waals surface area (Å²) in [6, 6.07) is 2.98. The highest BCUT2D eigenvalue weighted by Gasteiger charge is 2.77. The molecule has 0 heterocycles. The van der Waals surface area contributed by atoms with Gasteiger partial charge in [-0.15, -0.1) is 0 Å². The maximum Gasteiger partial charge on any atom is 0.460 e. The zero-order chi connectivity index (χ0) is 18.9. The van der Waals surface area contributed by atoms with Gasteiger partial charge in [0.05, 0.1) is 7.11 Å². The van der Waals surface area contributed by atoms with Crippen molar-refractivity contribution in [2.75, 3.05) is 7.11 Å². The molecule has 0 spiro atoms. The number of ether oxygens (including phenoxy) is 2. The van der Waals surface area contributed by atoms with Crippen LogP contribution in [0.4, 0.5) is 30.7 Å². The number of alkyl halides is 7. The first-order valence-electron chi connectivity index (χ1n) is 6.00. The van der Waals surface area contributed by atoms with Crippen molar-refractivity contribution >= 4 is 11.8 Å². The number of esters is 1. The minimum absolute atomic E-state index is 0.251. The van der Waals surface area contributed by atoms with E-state index >= 15 is 0 Å². The Morgan fingerprint density at radius 3 is 1.88 bits per heavy atom. The lowest BCUT2D eigenvalue weighted by Crippen LogP contribution is -2.57. The Morgan fingerprint density at radius 2 is 1.46 bits per heavy atom. The molecule has 0 amide bonds. The van der Waals surface area contributed by atoms with Crippen molar-refractivity contribution in [1.82, 2.24) is 0 Å². The SMILES string of the molecule is COc1cccc(OC(=O)C(F)(F)C(F)(F)C(F)(F)F)c1C(C)=O. The van der Waals surface area contributed by atoms with E-state index in [2.05, 4.69) is 4.74 Å². The van der Waals surface area contributed by atoms with E-state index in [-0.39, 0.29) is 5.75 Å². The van der Waals surface area contributed by atoms with E-state index < -0.39 is 41.1 Å². The van der Waals surface area contributed by atoms with Gasteiger partial charge in [-0.3, -0.25) is 4.79 Å². The minimum atomic E-state index is -6.69. The molecule has 0 radical (unpaired) electrons. The van der Waals surface area contributed by atoms with Crippen molar-refractivity contribution in [3.05, 3.63) is 23.8 Å². The molecule has 0 aliphatic heterocycles. The van der Waals surface area contributed by atoms with Gasteiger partial charge in [0, 0.05) is 0 Å². The lowest BCUT2D eigenvalue weighted by Gasteiger charge is -2.26. The number of carbonyl (C=O) groups is 2. The van der Waals surface area contributed by atoms with Crippen molar-refractivity contribution in [2.45, 2.75) is 24.9 Å². The van der Waals surface area contributed by atoms with E-state index in [9.17, 15) is 40.3 Å². The Morgan fingerprint density at radius 1 is 0.958 bits per heavy atom. The first-order chi connectivity index (χ1) is 10.8. The summed E-state index contributed by atoms with van der Waals surface area (Å²) in [7, 11) is 1.07. The quantitative estimate of drug-likeness (QED) is 0.347. The fraction of sp³-hybridized carbons (Fsp3) is 0.385. The Hall–Kier alpha value is -2.33. The fourth-order valence-electron chi connectivity index (χ4n) is 1.58. The lowest BCUT2D eigenvalue weighted by molar-refractivity contribution is -0.346. The van der Waals surface area contributed by atoms with E-state index in [1.807, 2.05) is 0 Å². The van der Waals surface area contributed by atoms with Crippen molar-refractivity contribution in [2.24, 2.45) is 0 Å². The fourth-order valence-corrected chi connectivity index (χ4v) is 1.58. The molecule has 0 saturated heterocycles. The second kappa shape index (κ2) is 6.29. The van der Waals surface area contributed by atoms with Crippen LogP contribution in [0.15, 0.2) is 18.2 Å². The van der Waals surface area contributed by atoms with E-state index in [1.54, 1.807) is 0 Å². The molecule has 1 aromatic rings. The number of hydrogen-bond acceptors (Lipinski definition) is 4. The highest BCUT2D eigenvalue weighted by atomic mass is 19.4. The number of carbonyl (C=O) groups excluding carboxylic acids is 2. The Balaban J connectivity index is 3.28. The minimum Gasteiger partial charge on any atom is -0.496 e. The molecule has 0 aromatic heterocycles. The topological polar surface area (TPSA) is 52.6 Å². The average molecular weight is 362 g/mol. The summed E-state index contributed by atoms with van der Waals surface area (Å²) in [6.45, 7) is 0.914. The van der Waals surface area contributed by atoms with Crippen molar-refractivity contribution in [3.8, 4) is 11.5 Å². The van der Waals surface area contributed by atoms with Crippen LogP contribution < -0.4 is 9.47 Å². The molecule has 24 heavy (non-hydrogen) atoms. The Labute approximate surface area is 130 Å². The molecule has 4 nitrogen and oxygen atoms in total. The van der Waals surface area contributed by atoms with Crippen molar-refractivity contribution in [3.63, 3.8) is 0 Å². The summed E-state index contributed by atoms with van der Waals surface area (Å²) < 4.78 is 96.8. The molecule has 134 valence electrons. The van der Waals surface area contributed by atoms with Crippen LogP contribution >= 0.6 is 0 Å². The standard InChI is InChI=1S/C13H9F7O4/c1-6(21)9-7(23-2)4-3-5-8(9)24-10(22)11(14,15)12(16,17)13(18,19)20/h3-5H,1-2H3. The Bertz CT molecular complexity index is 652. The average Bonchev–Trinajstić information content (AvgIpc) is 2.44. The summed E-state index contributed by atoms with van der Waals surface area (Å²) in [5.74, 6) is -18.1. The van der Waals surface area contributed by atoms with Gasteiger partial charge in [-0.1, -0.05) is 6.07 Å². The number of methoxy groups -OCH3 is 1. The van der Waals surface area contributed by atoms with Crippen molar-refractivity contribution in [1.29, 1.82) is 0 Å². The summed E-state index contributed by atoms with van der Waals surface area (Å²) in [5.41, 5.74) is -0.570. The molecule has 0 atom stereocenters. The number of benzene rings is 1. The molecule has 0 bridgehead atoms. The number of hydrogen-bond donors (Lipinski definition) is 0. The molecule has 0 unspecified atom stereocenters.